The van der Waals surface area contributed by atoms with Gasteiger partial charge in [0.15, 0.2) is 24.8 Å². The fraction of sp³-hybridized carbons (Fsp3) is 0.375. The first-order chi connectivity index (χ1) is 16.8. The van der Waals surface area contributed by atoms with E-state index in [1.165, 1.54) is 73.6 Å². The Bertz CT molecular complexity index is 912. The molecular weight excluding hydrogens is 412 g/mol. The second kappa shape index (κ2) is 15.0. The Morgan fingerprint density at radius 2 is 0.765 bits per heavy atom. The maximum absolute atomic E-state index is 2.29. The Morgan fingerprint density at radius 1 is 0.441 bits per heavy atom. The van der Waals surface area contributed by atoms with E-state index >= 15 is 0 Å². The average Bonchev–Trinajstić information content (AvgIpc) is 2.89. The van der Waals surface area contributed by atoms with Gasteiger partial charge in [0.2, 0.25) is 0 Å². The number of unbranched alkanes of at least 4 members (excludes halogenated alkanes) is 6. The van der Waals surface area contributed by atoms with Crippen LogP contribution in [0, 0.1) is 0 Å². The smallest absolute Gasteiger partial charge is 0.169 e. The first kappa shape index (κ1) is 25.6. The van der Waals surface area contributed by atoms with Crippen LogP contribution < -0.4 is 9.13 Å². The summed E-state index contributed by atoms with van der Waals surface area (Å²) in [6.45, 7) is 6.74. The molecule has 3 rings (SSSR count). The van der Waals surface area contributed by atoms with E-state index in [-0.39, 0.29) is 0 Å². The third-order valence-corrected chi connectivity index (χ3v) is 6.25. The summed E-state index contributed by atoms with van der Waals surface area (Å²) in [6.07, 6.45) is 27.9. The summed E-state index contributed by atoms with van der Waals surface area (Å²) in [6, 6.07) is 17.5. The normalized spacial score (nSPS) is 11.6. The Labute approximate surface area is 207 Å². The van der Waals surface area contributed by atoms with Crippen molar-refractivity contribution in [3.63, 3.8) is 0 Å². The number of rotatable bonds is 14. The Hall–Kier alpha value is -3.00. The third-order valence-electron chi connectivity index (χ3n) is 6.25. The molecule has 178 valence electrons. The van der Waals surface area contributed by atoms with Crippen molar-refractivity contribution in [3.05, 3.63) is 95.6 Å². The van der Waals surface area contributed by atoms with Crippen LogP contribution in [-0.2, 0) is 13.1 Å². The highest BCUT2D eigenvalue weighted by molar-refractivity contribution is 5.72. The van der Waals surface area contributed by atoms with Gasteiger partial charge in [-0.1, -0.05) is 88.1 Å². The SMILES string of the molecule is CCCCCC[n+]1ccc(/C=C/c2ccc(/C=C/c3cc[n+](CCCCCC)cc3)cc2)cc1. The lowest BCUT2D eigenvalue weighted by atomic mass is 10.1. The fourth-order valence-corrected chi connectivity index (χ4v) is 4.00. The van der Waals surface area contributed by atoms with Gasteiger partial charge in [0.1, 0.15) is 13.1 Å². The van der Waals surface area contributed by atoms with Crippen LogP contribution in [0.2, 0.25) is 0 Å². The zero-order valence-electron chi connectivity index (χ0n) is 21.2. The van der Waals surface area contributed by atoms with Gasteiger partial charge in [-0.2, -0.15) is 0 Å². The molecule has 2 nitrogen and oxygen atoms in total. The van der Waals surface area contributed by atoms with Crippen molar-refractivity contribution < 1.29 is 9.13 Å². The number of aromatic nitrogens is 2. The van der Waals surface area contributed by atoms with Crippen molar-refractivity contribution in [1.29, 1.82) is 0 Å². The largest absolute Gasteiger partial charge is 0.205 e. The zero-order chi connectivity index (χ0) is 23.8. The molecule has 2 aromatic heterocycles. The van der Waals surface area contributed by atoms with Gasteiger partial charge in [-0.15, -0.1) is 0 Å². The van der Waals surface area contributed by atoms with E-state index in [4.69, 9.17) is 0 Å². The lowest BCUT2D eigenvalue weighted by molar-refractivity contribution is -0.697. The van der Waals surface area contributed by atoms with E-state index in [0.29, 0.717) is 0 Å². The number of benzene rings is 1. The summed E-state index contributed by atoms with van der Waals surface area (Å²) in [7, 11) is 0. The van der Waals surface area contributed by atoms with Crippen LogP contribution in [0.1, 0.15) is 87.5 Å². The van der Waals surface area contributed by atoms with Crippen molar-refractivity contribution in [2.75, 3.05) is 0 Å². The van der Waals surface area contributed by atoms with Crippen LogP contribution in [0.15, 0.2) is 73.3 Å². The molecule has 0 atom stereocenters. The molecule has 0 amide bonds. The first-order valence-electron chi connectivity index (χ1n) is 13.2. The molecule has 0 saturated carbocycles. The minimum atomic E-state index is 1.11. The quantitative estimate of drug-likeness (QED) is 0.174. The van der Waals surface area contributed by atoms with Crippen LogP contribution in [-0.4, -0.2) is 0 Å². The van der Waals surface area contributed by atoms with Crippen LogP contribution in [0.5, 0.6) is 0 Å². The molecular formula is C32H42N2+2. The van der Waals surface area contributed by atoms with Gasteiger partial charge < -0.3 is 0 Å². The van der Waals surface area contributed by atoms with Crippen molar-refractivity contribution in [3.8, 4) is 0 Å². The highest BCUT2D eigenvalue weighted by Gasteiger charge is 2.01. The molecule has 0 saturated heterocycles. The Morgan fingerprint density at radius 3 is 1.09 bits per heavy atom. The Balaban J connectivity index is 1.47. The molecule has 2 heterocycles. The number of pyridine rings is 2. The standard InChI is InChI=1S/C32H42N2/c1-3-5-7-9-23-33-25-19-31(20-26-33)17-15-29-11-13-30(14-12-29)16-18-32-21-27-34(28-22-32)24-10-8-6-4-2/h11-22,25-28H,3-10,23-24H2,1-2H3/q+2/b17-15+,18-16+. The summed E-state index contributed by atoms with van der Waals surface area (Å²) < 4.78 is 4.57. The van der Waals surface area contributed by atoms with E-state index in [1.54, 1.807) is 0 Å². The van der Waals surface area contributed by atoms with Crippen molar-refractivity contribution in [2.24, 2.45) is 0 Å². The second-order valence-electron chi connectivity index (χ2n) is 9.19. The van der Waals surface area contributed by atoms with Crippen LogP contribution in [0.4, 0.5) is 0 Å². The minimum absolute atomic E-state index is 1.11. The van der Waals surface area contributed by atoms with Gasteiger partial charge in [-0.05, 0) is 35.1 Å². The molecule has 0 aliphatic rings. The number of aryl methyl sites for hydroxylation is 2. The molecule has 2 heteroatoms. The minimum Gasteiger partial charge on any atom is -0.205 e. The van der Waals surface area contributed by atoms with Crippen molar-refractivity contribution in [2.45, 2.75) is 78.3 Å². The molecule has 1 aromatic carbocycles. The predicted molar refractivity (Wildman–Crippen MR) is 146 cm³/mol. The number of hydrogen-bond donors (Lipinski definition) is 0. The number of nitrogens with zero attached hydrogens (tertiary/aromatic N) is 2. The average molecular weight is 455 g/mol. The molecule has 0 bridgehead atoms. The zero-order valence-corrected chi connectivity index (χ0v) is 21.2. The van der Waals surface area contributed by atoms with Gasteiger partial charge in [0.05, 0.1) is 0 Å². The highest BCUT2D eigenvalue weighted by Crippen LogP contribution is 2.12. The van der Waals surface area contributed by atoms with Gasteiger partial charge in [0.25, 0.3) is 0 Å². The summed E-state index contributed by atoms with van der Waals surface area (Å²) in [5.74, 6) is 0. The maximum Gasteiger partial charge on any atom is 0.169 e. The molecule has 34 heavy (non-hydrogen) atoms. The number of hydrogen-bond acceptors (Lipinski definition) is 0. The summed E-state index contributed by atoms with van der Waals surface area (Å²) in [4.78, 5) is 0. The molecule has 0 spiro atoms. The lowest BCUT2D eigenvalue weighted by Gasteiger charge is -1.99. The summed E-state index contributed by atoms with van der Waals surface area (Å²) >= 11 is 0. The first-order valence-corrected chi connectivity index (χ1v) is 13.2. The van der Waals surface area contributed by atoms with Crippen LogP contribution in [0.3, 0.4) is 0 Å². The van der Waals surface area contributed by atoms with Crippen molar-refractivity contribution >= 4 is 24.3 Å². The molecule has 0 fully saturated rings. The predicted octanol–water partition coefficient (Wildman–Crippen LogP) is 7.76. The molecule has 0 aliphatic carbocycles. The van der Waals surface area contributed by atoms with Gasteiger partial charge in [-0.25, -0.2) is 9.13 Å². The van der Waals surface area contributed by atoms with Crippen molar-refractivity contribution in [1.82, 2.24) is 0 Å². The highest BCUT2D eigenvalue weighted by atomic mass is 14.9. The van der Waals surface area contributed by atoms with Gasteiger partial charge >= 0.3 is 0 Å². The fourth-order valence-electron chi connectivity index (χ4n) is 4.00. The summed E-state index contributed by atoms with van der Waals surface area (Å²) in [5, 5.41) is 0. The maximum atomic E-state index is 2.29. The van der Waals surface area contributed by atoms with E-state index in [2.05, 4.69) is 121 Å². The van der Waals surface area contributed by atoms with E-state index < -0.39 is 0 Å². The second-order valence-corrected chi connectivity index (χ2v) is 9.19. The third kappa shape index (κ3) is 9.47. The topological polar surface area (TPSA) is 7.76 Å². The van der Waals surface area contributed by atoms with Gasteiger partial charge in [-0.3, -0.25) is 0 Å². The van der Waals surface area contributed by atoms with Crippen LogP contribution in [0.25, 0.3) is 24.3 Å². The molecule has 0 aliphatic heterocycles. The molecule has 0 radical (unpaired) electrons. The molecule has 0 unspecified atom stereocenters. The monoisotopic (exact) mass is 454 g/mol. The van der Waals surface area contributed by atoms with E-state index in [0.717, 1.165) is 13.1 Å². The lowest BCUT2D eigenvalue weighted by Crippen LogP contribution is -2.32. The summed E-state index contributed by atoms with van der Waals surface area (Å²) in [5.41, 5.74) is 4.91. The molecule has 0 N–H and O–H groups in total. The van der Waals surface area contributed by atoms with E-state index in [1.807, 2.05) is 0 Å². The molecule has 3 aromatic rings. The van der Waals surface area contributed by atoms with Gasteiger partial charge in [0, 0.05) is 37.1 Å². The van der Waals surface area contributed by atoms with E-state index in [9.17, 15) is 0 Å². The Kier molecular flexibility index (Phi) is 11.3. The van der Waals surface area contributed by atoms with Crippen LogP contribution >= 0.6 is 0 Å².